The molecule has 1 N–H and O–H groups in total. The van der Waals surface area contributed by atoms with Gasteiger partial charge in [0.2, 0.25) is 10.0 Å². The van der Waals surface area contributed by atoms with Crippen LogP contribution < -0.4 is 0 Å². The van der Waals surface area contributed by atoms with Crippen LogP contribution in [0.15, 0.2) is 23.1 Å². The van der Waals surface area contributed by atoms with Crippen molar-refractivity contribution in [1.82, 2.24) is 4.31 Å². The largest absolute Gasteiger partial charge is 0.384 e. The summed E-state index contributed by atoms with van der Waals surface area (Å²) in [6.45, 7) is 5.15. The zero-order chi connectivity index (χ0) is 14.6. The predicted molar refractivity (Wildman–Crippen MR) is 75.2 cm³/mol. The molecule has 0 spiro atoms. The lowest BCUT2D eigenvalue weighted by atomic mass is 10.1. The van der Waals surface area contributed by atoms with Crippen LogP contribution >= 0.6 is 0 Å². The summed E-state index contributed by atoms with van der Waals surface area (Å²) < 4.78 is 26.2. The molecule has 104 valence electrons. The maximum atomic E-state index is 12.4. The molecule has 5 heteroatoms. The fraction of sp³-hybridized carbons (Fsp3) is 0.429. The fourth-order valence-corrected chi connectivity index (χ4v) is 3.15. The van der Waals surface area contributed by atoms with Crippen LogP contribution in [0, 0.1) is 18.8 Å². The molecule has 0 radical (unpaired) electrons. The SMILES string of the molecule is Cc1ccc(C#CCO)cc1S(=O)(=O)N(C)C(C)C. The molecule has 0 aromatic heterocycles. The number of aliphatic hydroxyl groups excluding tert-OH is 1. The van der Waals surface area contributed by atoms with Crippen molar-refractivity contribution in [3.63, 3.8) is 0 Å². The molecule has 0 heterocycles. The van der Waals surface area contributed by atoms with E-state index >= 15 is 0 Å². The summed E-state index contributed by atoms with van der Waals surface area (Å²) in [5.41, 5.74) is 1.26. The molecule has 0 saturated carbocycles. The van der Waals surface area contributed by atoms with E-state index in [-0.39, 0.29) is 17.5 Å². The van der Waals surface area contributed by atoms with Crippen molar-refractivity contribution in [3.8, 4) is 11.8 Å². The smallest absolute Gasteiger partial charge is 0.243 e. The van der Waals surface area contributed by atoms with E-state index in [2.05, 4.69) is 11.8 Å². The molecule has 0 aliphatic carbocycles. The third-order valence-electron chi connectivity index (χ3n) is 2.88. The number of aryl methyl sites for hydroxylation is 1. The van der Waals surface area contributed by atoms with Gasteiger partial charge in [-0.3, -0.25) is 0 Å². The molecular weight excluding hydrogens is 262 g/mol. The molecule has 0 aliphatic rings. The fourth-order valence-electron chi connectivity index (χ4n) is 1.53. The Morgan fingerprint density at radius 1 is 1.37 bits per heavy atom. The molecule has 1 rings (SSSR count). The Morgan fingerprint density at radius 2 is 2.00 bits per heavy atom. The number of rotatable bonds is 3. The van der Waals surface area contributed by atoms with E-state index in [1.807, 2.05) is 13.8 Å². The van der Waals surface area contributed by atoms with Crippen molar-refractivity contribution < 1.29 is 13.5 Å². The minimum Gasteiger partial charge on any atom is -0.384 e. The van der Waals surface area contributed by atoms with E-state index < -0.39 is 10.0 Å². The Kier molecular flexibility index (Phi) is 5.12. The molecule has 0 bridgehead atoms. The van der Waals surface area contributed by atoms with E-state index in [9.17, 15) is 8.42 Å². The highest BCUT2D eigenvalue weighted by molar-refractivity contribution is 7.89. The first-order chi connectivity index (χ1) is 8.80. The van der Waals surface area contributed by atoms with Gasteiger partial charge in [0.25, 0.3) is 0 Å². The second-order valence-corrected chi connectivity index (χ2v) is 6.52. The number of aliphatic hydroxyl groups is 1. The standard InChI is InChI=1S/C14H19NO3S/c1-11(2)15(4)19(17,18)14-10-13(6-5-9-16)8-7-12(14)3/h7-8,10-11,16H,9H2,1-4H3. The van der Waals surface area contributed by atoms with Gasteiger partial charge in [-0.2, -0.15) is 4.31 Å². The van der Waals surface area contributed by atoms with E-state index in [0.717, 1.165) is 0 Å². The van der Waals surface area contributed by atoms with Crippen molar-refractivity contribution >= 4 is 10.0 Å². The predicted octanol–water partition coefficient (Wildman–Crippen LogP) is 1.37. The Labute approximate surface area is 115 Å². The summed E-state index contributed by atoms with van der Waals surface area (Å²) in [5, 5.41) is 8.67. The molecule has 0 saturated heterocycles. The highest BCUT2D eigenvalue weighted by Crippen LogP contribution is 2.21. The maximum absolute atomic E-state index is 12.4. The molecule has 0 atom stereocenters. The van der Waals surface area contributed by atoms with Gasteiger partial charge in [0.1, 0.15) is 6.61 Å². The number of benzene rings is 1. The Balaban J connectivity index is 3.34. The van der Waals surface area contributed by atoms with Crippen molar-refractivity contribution in [3.05, 3.63) is 29.3 Å². The number of hydrogen-bond acceptors (Lipinski definition) is 3. The third-order valence-corrected chi connectivity index (χ3v) is 5.06. The van der Waals surface area contributed by atoms with Gasteiger partial charge in [0, 0.05) is 18.7 Å². The van der Waals surface area contributed by atoms with E-state index in [1.165, 1.54) is 4.31 Å². The lowest BCUT2D eigenvalue weighted by molar-refractivity contribution is 0.350. The van der Waals surface area contributed by atoms with Crippen LogP contribution in [-0.4, -0.2) is 37.5 Å². The van der Waals surface area contributed by atoms with Gasteiger partial charge in [-0.1, -0.05) is 17.9 Å². The summed E-state index contributed by atoms with van der Waals surface area (Å²) in [4.78, 5) is 0.258. The van der Waals surface area contributed by atoms with Crippen molar-refractivity contribution in [2.45, 2.75) is 31.7 Å². The molecular formula is C14H19NO3S. The van der Waals surface area contributed by atoms with Crippen LogP contribution in [0.4, 0.5) is 0 Å². The maximum Gasteiger partial charge on any atom is 0.243 e. The summed E-state index contributed by atoms with van der Waals surface area (Å²) in [5.74, 6) is 5.23. The highest BCUT2D eigenvalue weighted by atomic mass is 32.2. The lowest BCUT2D eigenvalue weighted by Crippen LogP contribution is -2.33. The zero-order valence-electron chi connectivity index (χ0n) is 11.6. The molecule has 1 aromatic carbocycles. The first-order valence-electron chi connectivity index (χ1n) is 5.99. The average Bonchev–Trinajstić information content (AvgIpc) is 2.36. The van der Waals surface area contributed by atoms with Crippen LogP contribution in [0.5, 0.6) is 0 Å². The topological polar surface area (TPSA) is 57.6 Å². The van der Waals surface area contributed by atoms with Gasteiger partial charge in [-0.25, -0.2) is 8.42 Å². The molecule has 0 fully saturated rings. The quantitative estimate of drug-likeness (QED) is 0.851. The Morgan fingerprint density at radius 3 is 2.53 bits per heavy atom. The highest BCUT2D eigenvalue weighted by Gasteiger charge is 2.24. The number of hydrogen-bond donors (Lipinski definition) is 1. The van der Waals surface area contributed by atoms with Gasteiger partial charge in [0.05, 0.1) is 4.90 Å². The third kappa shape index (κ3) is 3.57. The molecule has 4 nitrogen and oxygen atoms in total. The van der Waals surface area contributed by atoms with Crippen LogP contribution in [0.1, 0.15) is 25.0 Å². The molecule has 0 unspecified atom stereocenters. The Hall–Kier alpha value is -1.35. The van der Waals surface area contributed by atoms with Crippen molar-refractivity contribution in [2.24, 2.45) is 0 Å². The van der Waals surface area contributed by atoms with E-state index in [0.29, 0.717) is 11.1 Å². The molecule has 19 heavy (non-hydrogen) atoms. The van der Waals surface area contributed by atoms with Crippen LogP contribution in [0.2, 0.25) is 0 Å². The Bertz CT molecular complexity index is 609. The van der Waals surface area contributed by atoms with Crippen molar-refractivity contribution in [2.75, 3.05) is 13.7 Å². The minimum absolute atomic E-state index is 0.114. The van der Waals surface area contributed by atoms with Gasteiger partial charge >= 0.3 is 0 Å². The summed E-state index contributed by atoms with van der Waals surface area (Å²) >= 11 is 0. The molecule has 0 aliphatic heterocycles. The number of nitrogens with zero attached hydrogens (tertiary/aromatic N) is 1. The summed E-state index contributed by atoms with van der Waals surface area (Å²) in [6.07, 6.45) is 0. The van der Waals surface area contributed by atoms with E-state index in [1.54, 1.807) is 32.2 Å². The monoisotopic (exact) mass is 281 g/mol. The minimum atomic E-state index is -3.51. The molecule has 1 aromatic rings. The lowest BCUT2D eigenvalue weighted by Gasteiger charge is -2.22. The van der Waals surface area contributed by atoms with E-state index in [4.69, 9.17) is 5.11 Å². The van der Waals surface area contributed by atoms with Crippen LogP contribution in [0.25, 0.3) is 0 Å². The normalized spacial score (nSPS) is 11.5. The summed E-state index contributed by atoms with van der Waals surface area (Å²) in [7, 11) is -1.95. The number of sulfonamides is 1. The van der Waals surface area contributed by atoms with Gasteiger partial charge in [0.15, 0.2) is 0 Å². The first kappa shape index (κ1) is 15.7. The van der Waals surface area contributed by atoms with Crippen LogP contribution in [-0.2, 0) is 10.0 Å². The first-order valence-corrected chi connectivity index (χ1v) is 7.43. The average molecular weight is 281 g/mol. The second-order valence-electron chi connectivity index (χ2n) is 4.56. The van der Waals surface area contributed by atoms with Gasteiger partial charge in [-0.05, 0) is 38.5 Å². The van der Waals surface area contributed by atoms with Crippen LogP contribution in [0.3, 0.4) is 0 Å². The summed E-state index contributed by atoms with van der Waals surface area (Å²) in [6, 6.07) is 4.90. The zero-order valence-corrected chi connectivity index (χ0v) is 12.5. The molecule has 0 amide bonds. The van der Waals surface area contributed by atoms with Crippen molar-refractivity contribution in [1.29, 1.82) is 0 Å². The van der Waals surface area contributed by atoms with Gasteiger partial charge < -0.3 is 5.11 Å². The van der Waals surface area contributed by atoms with Gasteiger partial charge in [-0.15, -0.1) is 0 Å². The second kappa shape index (κ2) is 6.20.